The number of halogens is 5. The number of aliphatic hydroxyl groups excluding tert-OH is 1. The minimum Gasteiger partial charge on any atom is -0.382 e. The molecule has 0 amide bonds. The number of aryl methyl sites for hydroxylation is 1. The highest BCUT2D eigenvalue weighted by Gasteiger charge is 2.37. The number of aromatic nitrogens is 3. The molecule has 4 N–H and O–H groups in total. The Kier molecular flexibility index (Phi) is 6.99. The molecule has 0 saturated heterocycles. The van der Waals surface area contributed by atoms with Gasteiger partial charge in [0.15, 0.2) is 17.7 Å². The molecule has 0 spiro atoms. The lowest BCUT2D eigenvalue weighted by Crippen LogP contribution is -2.38. The van der Waals surface area contributed by atoms with E-state index in [2.05, 4.69) is 20.5 Å². The molecule has 0 aliphatic heterocycles. The number of nitrogens with one attached hydrogen (secondary N) is 1. The van der Waals surface area contributed by atoms with Crippen molar-refractivity contribution in [3.05, 3.63) is 34.1 Å². The second-order valence-corrected chi connectivity index (χ2v) is 6.21. The van der Waals surface area contributed by atoms with Gasteiger partial charge in [-0.05, 0) is 19.0 Å². The summed E-state index contributed by atoms with van der Waals surface area (Å²) in [6.45, 7) is -0.324. The average Bonchev–Trinajstić information content (AvgIpc) is 2.56. The van der Waals surface area contributed by atoms with Crippen LogP contribution >= 0.6 is 23.2 Å². The zero-order valence-electron chi connectivity index (χ0n) is 13.4. The first-order valence-electron chi connectivity index (χ1n) is 7.59. The number of nitrogens with two attached hydrogens (primary N) is 1. The standard InChI is InChI=1S/C15H16Cl2F3N5O/c16-9-4-1-3-8(12(9)17)13-14(21)23-11(24-25-13)5-2-6-22-7-10(26)15(18,19)20/h1,3-4,10,22,26H,2,5-7H2,(H2,21,23,24)/t10-/m1/s1. The van der Waals surface area contributed by atoms with Crippen LogP contribution in [0.15, 0.2) is 18.2 Å². The predicted molar refractivity (Wildman–Crippen MR) is 92.9 cm³/mol. The molecule has 0 radical (unpaired) electrons. The average molecular weight is 410 g/mol. The first-order chi connectivity index (χ1) is 12.2. The van der Waals surface area contributed by atoms with Gasteiger partial charge in [0.05, 0.1) is 10.0 Å². The number of nitrogen functional groups attached to an aromatic ring is 1. The molecule has 1 atom stereocenters. The van der Waals surface area contributed by atoms with Crippen molar-refractivity contribution in [1.29, 1.82) is 0 Å². The molecular formula is C15H16Cl2F3N5O. The van der Waals surface area contributed by atoms with E-state index in [1.165, 1.54) is 0 Å². The van der Waals surface area contributed by atoms with E-state index in [-0.39, 0.29) is 17.4 Å². The quantitative estimate of drug-likeness (QED) is 0.608. The van der Waals surface area contributed by atoms with E-state index in [4.69, 9.17) is 34.0 Å². The van der Waals surface area contributed by atoms with E-state index in [0.717, 1.165) is 0 Å². The lowest BCUT2D eigenvalue weighted by Gasteiger charge is -2.14. The number of nitrogens with zero attached hydrogens (tertiary/aromatic N) is 3. The maximum absolute atomic E-state index is 12.1. The number of alkyl halides is 3. The highest BCUT2D eigenvalue weighted by Crippen LogP contribution is 2.34. The molecule has 0 fully saturated rings. The van der Waals surface area contributed by atoms with Gasteiger partial charge in [0.1, 0.15) is 5.69 Å². The molecule has 0 unspecified atom stereocenters. The number of rotatable bonds is 7. The van der Waals surface area contributed by atoms with E-state index >= 15 is 0 Å². The predicted octanol–water partition coefficient (Wildman–Crippen LogP) is 2.87. The van der Waals surface area contributed by atoms with Gasteiger partial charge in [-0.25, -0.2) is 4.98 Å². The molecule has 1 aromatic carbocycles. The Labute approximate surface area is 157 Å². The molecule has 11 heteroatoms. The first-order valence-corrected chi connectivity index (χ1v) is 8.34. The summed E-state index contributed by atoms with van der Waals surface area (Å²) in [4.78, 5) is 4.14. The van der Waals surface area contributed by atoms with E-state index < -0.39 is 18.8 Å². The Morgan fingerprint density at radius 2 is 1.96 bits per heavy atom. The van der Waals surface area contributed by atoms with Gasteiger partial charge >= 0.3 is 6.18 Å². The van der Waals surface area contributed by atoms with Gasteiger partial charge in [-0.2, -0.15) is 13.2 Å². The van der Waals surface area contributed by atoms with Crippen LogP contribution in [0.2, 0.25) is 10.0 Å². The summed E-state index contributed by atoms with van der Waals surface area (Å²) in [5.74, 6) is 0.474. The van der Waals surface area contributed by atoms with Crippen molar-refractivity contribution in [2.75, 3.05) is 18.8 Å². The minimum absolute atomic E-state index is 0.125. The third-order valence-electron chi connectivity index (χ3n) is 3.43. The minimum atomic E-state index is -4.63. The van der Waals surface area contributed by atoms with Crippen LogP contribution in [0.1, 0.15) is 12.2 Å². The fraction of sp³-hybridized carbons (Fsp3) is 0.400. The summed E-state index contributed by atoms with van der Waals surface area (Å²) in [7, 11) is 0. The van der Waals surface area contributed by atoms with Crippen LogP contribution in [0.4, 0.5) is 19.0 Å². The Bertz CT molecular complexity index is 761. The van der Waals surface area contributed by atoms with Gasteiger partial charge in [-0.15, -0.1) is 10.2 Å². The molecule has 0 saturated carbocycles. The normalized spacial score (nSPS) is 13.0. The highest BCUT2D eigenvalue weighted by atomic mass is 35.5. The lowest BCUT2D eigenvalue weighted by atomic mass is 10.1. The number of benzene rings is 1. The van der Waals surface area contributed by atoms with Crippen molar-refractivity contribution in [2.45, 2.75) is 25.1 Å². The van der Waals surface area contributed by atoms with Crippen LogP contribution in [0.3, 0.4) is 0 Å². The maximum Gasteiger partial charge on any atom is 0.415 e. The third-order valence-corrected chi connectivity index (χ3v) is 4.25. The van der Waals surface area contributed by atoms with Gasteiger partial charge < -0.3 is 16.2 Å². The Morgan fingerprint density at radius 1 is 1.23 bits per heavy atom. The summed E-state index contributed by atoms with van der Waals surface area (Å²) in [5.41, 5.74) is 6.71. The van der Waals surface area contributed by atoms with Crippen molar-refractivity contribution in [1.82, 2.24) is 20.5 Å². The lowest BCUT2D eigenvalue weighted by molar-refractivity contribution is -0.201. The van der Waals surface area contributed by atoms with Crippen molar-refractivity contribution < 1.29 is 18.3 Å². The Morgan fingerprint density at radius 3 is 2.62 bits per heavy atom. The molecule has 1 aromatic heterocycles. The van der Waals surface area contributed by atoms with Crippen LogP contribution in [0.25, 0.3) is 11.3 Å². The summed E-state index contributed by atoms with van der Waals surface area (Å²) in [6, 6.07) is 5.01. The fourth-order valence-corrected chi connectivity index (χ4v) is 2.47. The third kappa shape index (κ3) is 5.41. The van der Waals surface area contributed by atoms with Gasteiger partial charge in [0.25, 0.3) is 0 Å². The molecule has 142 valence electrons. The molecule has 0 aliphatic rings. The fourth-order valence-electron chi connectivity index (χ4n) is 2.08. The van der Waals surface area contributed by atoms with Crippen LogP contribution in [0.5, 0.6) is 0 Å². The summed E-state index contributed by atoms with van der Waals surface area (Å²) in [5, 5.41) is 20.0. The second-order valence-electron chi connectivity index (χ2n) is 5.43. The van der Waals surface area contributed by atoms with Crippen LogP contribution in [-0.4, -0.2) is 45.7 Å². The highest BCUT2D eigenvalue weighted by molar-refractivity contribution is 6.43. The Balaban J connectivity index is 1.91. The summed E-state index contributed by atoms with van der Waals surface area (Å²) in [6.07, 6.45) is -6.22. The smallest absolute Gasteiger partial charge is 0.382 e. The van der Waals surface area contributed by atoms with Crippen LogP contribution in [0, 0.1) is 0 Å². The maximum atomic E-state index is 12.1. The van der Waals surface area contributed by atoms with Crippen molar-refractivity contribution in [2.24, 2.45) is 0 Å². The zero-order valence-corrected chi connectivity index (χ0v) is 14.9. The van der Waals surface area contributed by atoms with Crippen molar-refractivity contribution in [3.63, 3.8) is 0 Å². The number of anilines is 1. The molecule has 0 aliphatic carbocycles. The van der Waals surface area contributed by atoms with Gasteiger partial charge in [0, 0.05) is 18.5 Å². The second kappa shape index (κ2) is 8.81. The molecule has 2 aromatic rings. The van der Waals surface area contributed by atoms with Gasteiger partial charge in [-0.1, -0.05) is 35.3 Å². The Hall–Kier alpha value is -1.68. The number of aliphatic hydroxyl groups is 1. The van der Waals surface area contributed by atoms with Crippen LogP contribution in [-0.2, 0) is 6.42 Å². The monoisotopic (exact) mass is 409 g/mol. The van der Waals surface area contributed by atoms with Crippen LogP contribution < -0.4 is 11.1 Å². The molecule has 0 bridgehead atoms. The van der Waals surface area contributed by atoms with E-state index in [1.54, 1.807) is 18.2 Å². The molecule has 6 nitrogen and oxygen atoms in total. The molecular weight excluding hydrogens is 394 g/mol. The molecule has 2 rings (SSSR count). The summed E-state index contributed by atoms with van der Waals surface area (Å²) < 4.78 is 36.4. The number of hydrogen-bond acceptors (Lipinski definition) is 6. The zero-order chi connectivity index (χ0) is 19.3. The number of hydrogen-bond donors (Lipinski definition) is 3. The van der Waals surface area contributed by atoms with Gasteiger partial charge in [0.2, 0.25) is 0 Å². The van der Waals surface area contributed by atoms with E-state index in [0.29, 0.717) is 34.9 Å². The van der Waals surface area contributed by atoms with Crippen molar-refractivity contribution >= 4 is 29.0 Å². The topological polar surface area (TPSA) is 97.0 Å². The largest absolute Gasteiger partial charge is 0.415 e. The SMILES string of the molecule is Nc1nc(CCCNC[C@@H](O)C(F)(F)F)nnc1-c1cccc(Cl)c1Cl. The molecule has 1 heterocycles. The van der Waals surface area contributed by atoms with Crippen molar-refractivity contribution in [3.8, 4) is 11.3 Å². The first kappa shape index (κ1) is 20.6. The molecule has 26 heavy (non-hydrogen) atoms. The van der Waals surface area contributed by atoms with E-state index in [1.807, 2.05) is 0 Å². The summed E-state index contributed by atoms with van der Waals surface area (Å²) >= 11 is 12.1. The van der Waals surface area contributed by atoms with Gasteiger partial charge in [-0.3, -0.25) is 0 Å². The van der Waals surface area contributed by atoms with E-state index in [9.17, 15) is 13.2 Å².